The minimum Gasteiger partial charge on any atom is -0.500 e. The highest BCUT2D eigenvalue weighted by atomic mass is 16.5. The van der Waals surface area contributed by atoms with Gasteiger partial charge in [-0.25, -0.2) is 0 Å². The number of carbonyl (C=O) groups is 1. The van der Waals surface area contributed by atoms with E-state index in [2.05, 4.69) is 5.32 Å². The van der Waals surface area contributed by atoms with E-state index in [1.54, 1.807) is 13.0 Å². The molecule has 1 aromatic carbocycles. The van der Waals surface area contributed by atoms with Gasteiger partial charge in [0.1, 0.15) is 12.3 Å². The zero-order valence-electron chi connectivity index (χ0n) is 9.64. The maximum atomic E-state index is 11.6. The minimum absolute atomic E-state index is 0.0252. The van der Waals surface area contributed by atoms with E-state index < -0.39 is 5.91 Å². The third-order valence-corrected chi connectivity index (χ3v) is 2.03. The summed E-state index contributed by atoms with van der Waals surface area (Å²) in [5.41, 5.74) is 0.956. The molecule has 1 amide bonds. The van der Waals surface area contributed by atoms with Crippen LogP contribution in [0.3, 0.4) is 0 Å². The maximum absolute atomic E-state index is 11.6. The largest absolute Gasteiger partial charge is 0.500 e. The van der Waals surface area contributed by atoms with E-state index in [1.165, 1.54) is 6.26 Å². The molecule has 0 radical (unpaired) electrons. The number of carbonyl (C=O) groups excluding carboxylic acids is 1. The Labute approximate surface area is 101 Å². The van der Waals surface area contributed by atoms with E-state index in [-0.39, 0.29) is 5.57 Å². The molecule has 4 heteroatoms. The Bertz CT molecular complexity index is 432. The van der Waals surface area contributed by atoms with E-state index in [1.807, 2.05) is 30.3 Å². The van der Waals surface area contributed by atoms with Crippen molar-refractivity contribution in [2.75, 3.05) is 6.61 Å². The SMILES string of the molecule is CCO/C=C(/C#N)C(=O)NCc1ccccc1. The summed E-state index contributed by atoms with van der Waals surface area (Å²) in [4.78, 5) is 11.6. The lowest BCUT2D eigenvalue weighted by atomic mass is 10.2. The quantitative estimate of drug-likeness (QED) is 0.476. The first kappa shape index (κ1) is 12.8. The summed E-state index contributed by atoms with van der Waals surface area (Å²) in [5.74, 6) is -0.426. The minimum atomic E-state index is -0.426. The van der Waals surface area contributed by atoms with Crippen LogP contribution in [0.5, 0.6) is 0 Å². The number of nitriles is 1. The molecule has 17 heavy (non-hydrogen) atoms. The van der Waals surface area contributed by atoms with Crippen molar-refractivity contribution < 1.29 is 9.53 Å². The Morgan fingerprint density at radius 3 is 2.76 bits per heavy atom. The van der Waals surface area contributed by atoms with Crippen molar-refractivity contribution >= 4 is 5.91 Å². The molecule has 0 heterocycles. The molecule has 0 spiro atoms. The zero-order chi connectivity index (χ0) is 12.5. The number of benzene rings is 1. The van der Waals surface area contributed by atoms with Crippen molar-refractivity contribution in [3.8, 4) is 6.07 Å². The predicted molar refractivity (Wildman–Crippen MR) is 63.6 cm³/mol. The van der Waals surface area contributed by atoms with Crippen LogP contribution < -0.4 is 5.32 Å². The van der Waals surface area contributed by atoms with Crippen LogP contribution in [0.15, 0.2) is 42.2 Å². The molecular formula is C13H14N2O2. The van der Waals surface area contributed by atoms with Crippen LogP contribution in [-0.4, -0.2) is 12.5 Å². The molecule has 0 atom stereocenters. The van der Waals surface area contributed by atoms with Crippen LogP contribution in [0.25, 0.3) is 0 Å². The monoisotopic (exact) mass is 230 g/mol. The zero-order valence-corrected chi connectivity index (χ0v) is 9.64. The van der Waals surface area contributed by atoms with Gasteiger partial charge in [-0.15, -0.1) is 0 Å². The maximum Gasteiger partial charge on any atom is 0.265 e. The van der Waals surface area contributed by atoms with Crippen LogP contribution in [0.2, 0.25) is 0 Å². The standard InChI is InChI=1S/C13H14N2O2/c1-2-17-10-12(8-14)13(16)15-9-11-6-4-3-5-7-11/h3-7,10H,2,9H2,1H3,(H,15,16)/b12-10-. The van der Waals surface area contributed by atoms with Gasteiger partial charge in [-0.1, -0.05) is 30.3 Å². The molecule has 0 saturated carbocycles. The molecule has 0 fully saturated rings. The van der Waals surface area contributed by atoms with Gasteiger partial charge in [0.25, 0.3) is 5.91 Å². The summed E-state index contributed by atoms with van der Waals surface area (Å²) >= 11 is 0. The summed E-state index contributed by atoms with van der Waals surface area (Å²) in [6, 6.07) is 11.3. The molecule has 1 aromatic rings. The molecule has 0 aromatic heterocycles. The molecule has 1 rings (SSSR count). The van der Waals surface area contributed by atoms with Gasteiger partial charge in [-0.3, -0.25) is 4.79 Å². The van der Waals surface area contributed by atoms with Gasteiger partial charge >= 0.3 is 0 Å². The number of amides is 1. The Hall–Kier alpha value is -2.28. The van der Waals surface area contributed by atoms with Crippen molar-refractivity contribution in [3.63, 3.8) is 0 Å². The Morgan fingerprint density at radius 1 is 1.47 bits per heavy atom. The topological polar surface area (TPSA) is 62.1 Å². The Kier molecular flexibility index (Phi) is 5.32. The molecule has 0 bridgehead atoms. The lowest BCUT2D eigenvalue weighted by Gasteiger charge is -2.04. The highest BCUT2D eigenvalue weighted by molar-refractivity contribution is 5.96. The number of ether oxygens (including phenoxy) is 1. The first-order valence-electron chi connectivity index (χ1n) is 5.32. The van der Waals surface area contributed by atoms with Gasteiger partial charge in [-0.2, -0.15) is 5.26 Å². The molecule has 0 saturated heterocycles. The number of nitrogens with one attached hydrogen (secondary N) is 1. The summed E-state index contributed by atoms with van der Waals surface area (Å²) in [5, 5.41) is 11.4. The average Bonchev–Trinajstić information content (AvgIpc) is 2.38. The second-order valence-corrected chi connectivity index (χ2v) is 3.27. The smallest absolute Gasteiger partial charge is 0.265 e. The van der Waals surface area contributed by atoms with Crippen LogP contribution in [-0.2, 0) is 16.1 Å². The number of hydrogen-bond donors (Lipinski definition) is 1. The lowest BCUT2D eigenvalue weighted by molar-refractivity contribution is -0.117. The van der Waals surface area contributed by atoms with Gasteiger partial charge in [-0.05, 0) is 12.5 Å². The van der Waals surface area contributed by atoms with E-state index in [9.17, 15) is 4.79 Å². The molecular weight excluding hydrogens is 216 g/mol. The molecule has 1 N–H and O–H groups in total. The van der Waals surface area contributed by atoms with Gasteiger partial charge in [0, 0.05) is 6.54 Å². The van der Waals surface area contributed by atoms with Crippen molar-refractivity contribution in [1.29, 1.82) is 5.26 Å². The highest BCUT2D eigenvalue weighted by Gasteiger charge is 2.08. The second kappa shape index (κ2) is 7.07. The van der Waals surface area contributed by atoms with Gasteiger partial charge in [0.15, 0.2) is 5.57 Å². The molecule has 4 nitrogen and oxygen atoms in total. The van der Waals surface area contributed by atoms with Crippen molar-refractivity contribution in [1.82, 2.24) is 5.32 Å². The Morgan fingerprint density at radius 2 is 2.18 bits per heavy atom. The average molecular weight is 230 g/mol. The Balaban J connectivity index is 2.52. The molecule has 88 valence electrons. The third kappa shape index (κ3) is 4.39. The van der Waals surface area contributed by atoms with Crippen molar-refractivity contribution in [2.24, 2.45) is 0 Å². The summed E-state index contributed by atoms with van der Waals surface area (Å²) in [7, 11) is 0. The van der Waals surface area contributed by atoms with E-state index in [4.69, 9.17) is 10.00 Å². The molecule has 0 aliphatic carbocycles. The van der Waals surface area contributed by atoms with Crippen molar-refractivity contribution in [2.45, 2.75) is 13.5 Å². The van der Waals surface area contributed by atoms with Crippen LogP contribution >= 0.6 is 0 Å². The fourth-order valence-electron chi connectivity index (χ4n) is 1.17. The first-order chi connectivity index (χ1) is 8.27. The van der Waals surface area contributed by atoms with E-state index in [0.717, 1.165) is 5.56 Å². The fourth-order valence-corrected chi connectivity index (χ4v) is 1.17. The first-order valence-corrected chi connectivity index (χ1v) is 5.32. The molecule has 0 aliphatic heterocycles. The molecule has 0 unspecified atom stereocenters. The van der Waals surface area contributed by atoms with Crippen LogP contribution in [0, 0.1) is 11.3 Å². The van der Waals surface area contributed by atoms with Gasteiger partial charge in [0.05, 0.1) is 6.61 Å². The van der Waals surface area contributed by atoms with E-state index in [0.29, 0.717) is 13.2 Å². The number of nitrogens with zero attached hydrogens (tertiary/aromatic N) is 1. The summed E-state index contributed by atoms with van der Waals surface area (Å²) < 4.78 is 4.91. The van der Waals surface area contributed by atoms with Gasteiger partial charge < -0.3 is 10.1 Å². The summed E-state index contributed by atoms with van der Waals surface area (Å²) in [6.45, 7) is 2.61. The lowest BCUT2D eigenvalue weighted by Crippen LogP contribution is -2.24. The number of hydrogen-bond acceptors (Lipinski definition) is 3. The number of rotatable bonds is 5. The van der Waals surface area contributed by atoms with Crippen molar-refractivity contribution in [3.05, 3.63) is 47.7 Å². The predicted octanol–water partition coefficient (Wildman–Crippen LogP) is 1.75. The highest BCUT2D eigenvalue weighted by Crippen LogP contribution is 1.99. The van der Waals surface area contributed by atoms with Crippen LogP contribution in [0.1, 0.15) is 12.5 Å². The van der Waals surface area contributed by atoms with Gasteiger partial charge in [0.2, 0.25) is 0 Å². The normalized spacial score (nSPS) is 10.5. The van der Waals surface area contributed by atoms with E-state index >= 15 is 0 Å². The summed E-state index contributed by atoms with van der Waals surface area (Å²) in [6.07, 6.45) is 1.18. The fraction of sp³-hybridized carbons (Fsp3) is 0.231. The third-order valence-electron chi connectivity index (χ3n) is 2.03. The van der Waals surface area contributed by atoms with Crippen LogP contribution in [0.4, 0.5) is 0 Å². The molecule has 0 aliphatic rings. The second-order valence-electron chi connectivity index (χ2n) is 3.27.